The molecule has 0 bridgehead atoms. The van der Waals surface area contributed by atoms with Crippen LogP contribution in [0.1, 0.15) is 37.8 Å². The van der Waals surface area contributed by atoms with Gasteiger partial charge in [-0.3, -0.25) is 24.2 Å². The van der Waals surface area contributed by atoms with Gasteiger partial charge in [-0.05, 0) is 51.3 Å². The van der Waals surface area contributed by atoms with Crippen LogP contribution in [0.25, 0.3) is 0 Å². The van der Waals surface area contributed by atoms with Crippen molar-refractivity contribution in [1.29, 1.82) is 0 Å². The minimum Gasteiger partial charge on any atom is -0.340 e. The van der Waals surface area contributed by atoms with Crippen LogP contribution >= 0.6 is 0 Å². The molecule has 3 rings (SSSR count). The molecular weight excluding hydrogens is 410 g/mol. The second-order valence-electron chi connectivity index (χ2n) is 9.07. The number of rotatable bonds is 7. The molecule has 0 saturated carbocycles. The number of urea groups is 1. The molecule has 2 saturated heterocycles. The Hall–Kier alpha value is -2.94. The molecule has 0 aromatic heterocycles. The second-order valence-corrected chi connectivity index (χ2v) is 9.07. The zero-order chi connectivity index (χ0) is 23.5. The van der Waals surface area contributed by atoms with Crippen LogP contribution in [0.2, 0.25) is 0 Å². The summed E-state index contributed by atoms with van der Waals surface area (Å²) in [6.07, 6.45) is 0.719. The molecule has 2 heterocycles. The van der Waals surface area contributed by atoms with E-state index < -0.39 is 11.6 Å². The van der Waals surface area contributed by atoms with Gasteiger partial charge in [0.1, 0.15) is 5.54 Å². The molecular formula is C23H33N5O4. The van der Waals surface area contributed by atoms with Crippen LogP contribution in [-0.2, 0) is 14.4 Å². The molecule has 1 aromatic carbocycles. The lowest BCUT2D eigenvalue weighted by molar-refractivity contribution is -0.134. The highest BCUT2D eigenvalue weighted by molar-refractivity contribution is 6.06. The van der Waals surface area contributed by atoms with Crippen molar-refractivity contribution in [3.63, 3.8) is 0 Å². The smallest absolute Gasteiger partial charge is 0.325 e. The van der Waals surface area contributed by atoms with Crippen LogP contribution in [0, 0.1) is 13.8 Å². The molecule has 0 unspecified atom stereocenters. The van der Waals surface area contributed by atoms with E-state index in [4.69, 9.17) is 0 Å². The van der Waals surface area contributed by atoms with Crippen molar-refractivity contribution in [2.45, 2.75) is 46.1 Å². The van der Waals surface area contributed by atoms with Gasteiger partial charge in [0.05, 0.1) is 6.54 Å². The molecule has 9 heteroatoms. The Kier molecular flexibility index (Phi) is 7.18. The minimum absolute atomic E-state index is 0.0100. The molecule has 2 N–H and O–H groups in total. The van der Waals surface area contributed by atoms with Gasteiger partial charge in [-0.15, -0.1) is 0 Å². The first kappa shape index (κ1) is 23.7. The maximum Gasteiger partial charge on any atom is 0.325 e. The summed E-state index contributed by atoms with van der Waals surface area (Å²) in [7, 11) is 0. The van der Waals surface area contributed by atoms with E-state index in [1.165, 1.54) is 4.90 Å². The number of hydrogen-bond acceptors (Lipinski definition) is 5. The fraction of sp³-hybridized carbons (Fsp3) is 0.565. The van der Waals surface area contributed by atoms with Gasteiger partial charge < -0.3 is 15.5 Å². The Morgan fingerprint density at radius 2 is 1.78 bits per heavy atom. The third-order valence-electron chi connectivity index (χ3n) is 6.19. The fourth-order valence-electron chi connectivity index (χ4n) is 4.00. The van der Waals surface area contributed by atoms with Crippen LogP contribution in [0.3, 0.4) is 0 Å². The maximum atomic E-state index is 12.5. The molecule has 0 radical (unpaired) electrons. The number of benzene rings is 1. The zero-order valence-corrected chi connectivity index (χ0v) is 19.4. The summed E-state index contributed by atoms with van der Waals surface area (Å²) < 4.78 is 0. The second kappa shape index (κ2) is 9.68. The van der Waals surface area contributed by atoms with Gasteiger partial charge in [-0.1, -0.05) is 12.1 Å². The third-order valence-corrected chi connectivity index (χ3v) is 6.19. The standard InChI is InChI=1S/C23H33N5O4/c1-16-7-5-8-18(17(16)2)24-19(29)15-26-11-13-27(14-12-26)20(30)9-6-10-28-21(31)23(3,4)25-22(28)32/h5,7-8H,6,9-15H2,1-4H3,(H,24,29)(H,25,32). The molecule has 1 aromatic rings. The first-order valence-corrected chi connectivity index (χ1v) is 11.1. The lowest BCUT2D eigenvalue weighted by Crippen LogP contribution is -2.50. The van der Waals surface area contributed by atoms with E-state index in [9.17, 15) is 19.2 Å². The fourth-order valence-corrected chi connectivity index (χ4v) is 4.00. The lowest BCUT2D eigenvalue weighted by atomic mass is 10.1. The van der Waals surface area contributed by atoms with Crippen LogP contribution in [0.15, 0.2) is 18.2 Å². The molecule has 174 valence electrons. The molecule has 2 aliphatic heterocycles. The van der Waals surface area contributed by atoms with Crippen LogP contribution in [-0.4, -0.2) is 83.3 Å². The number of carbonyl (C=O) groups is 4. The highest BCUT2D eigenvalue weighted by Gasteiger charge is 2.43. The quantitative estimate of drug-likeness (QED) is 0.622. The van der Waals surface area contributed by atoms with Crippen molar-refractivity contribution in [1.82, 2.24) is 20.0 Å². The predicted molar refractivity (Wildman–Crippen MR) is 121 cm³/mol. The van der Waals surface area contributed by atoms with Gasteiger partial charge in [-0.25, -0.2) is 4.79 Å². The van der Waals surface area contributed by atoms with Crippen LogP contribution < -0.4 is 10.6 Å². The van der Waals surface area contributed by atoms with Gasteiger partial charge >= 0.3 is 6.03 Å². The minimum atomic E-state index is -0.887. The van der Waals surface area contributed by atoms with E-state index in [-0.39, 0.29) is 37.2 Å². The Morgan fingerprint density at radius 3 is 2.41 bits per heavy atom. The molecule has 0 atom stereocenters. The maximum absolute atomic E-state index is 12.5. The van der Waals surface area contributed by atoms with Crippen molar-refractivity contribution >= 4 is 29.4 Å². The number of anilines is 1. The molecule has 2 aliphatic rings. The van der Waals surface area contributed by atoms with E-state index >= 15 is 0 Å². The number of piperazine rings is 1. The summed E-state index contributed by atoms with van der Waals surface area (Å²) in [4.78, 5) is 54.1. The first-order chi connectivity index (χ1) is 15.1. The highest BCUT2D eigenvalue weighted by atomic mass is 16.2. The van der Waals surface area contributed by atoms with Gasteiger partial charge in [0.25, 0.3) is 5.91 Å². The third kappa shape index (κ3) is 5.45. The van der Waals surface area contributed by atoms with Crippen molar-refractivity contribution in [2.24, 2.45) is 0 Å². The monoisotopic (exact) mass is 443 g/mol. The number of imide groups is 1. The zero-order valence-electron chi connectivity index (χ0n) is 19.4. The molecule has 9 nitrogen and oxygen atoms in total. The van der Waals surface area contributed by atoms with Gasteiger partial charge in [-0.2, -0.15) is 0 Å². The number of hydrogen-bond donors (Lipinski definition) is 2. The molecule has 0 spiro atoms. The van der Waals surface area contributed by atoms with Crippen molar-refractivity contribution in [3.8, 4) is 0 Å². The van der Waals surface area contributed by atoms with E-state index in [0.717, 1.165) is 16.8 Å². The van der Waals surface area contributed by atoms with Crippen LogP contribution in [0.5, 0.6) is 0 Å². The average Bonchev–Trinajstić information content (AvgIpc) is 2.93. The number of nitrogens with one attached hydrogen (secondary N) is 2. The van der Waals surface area contributed by atoms with Gasteiger partial charge in [0.15, 0.2) is 0 Å². The van der Waals surface area contributed by atoms with Gasteiger partial charge in [0, 0.05) is 44.8 Å². The molecule has 2 fully saturated rings. The molecule has 5 amide bonds. The number of nitrogens with zero attached hydrogens (tertiary/aromatic N) is 3. The Bertz CT molecular complexity index is 906. The van der Waals surface area contributed by atoms with Crippen molar-refractivity contribution < 1.29 is 19.2 Å². The summed E-state index contributed by atoms with van der Waals surface area (Å²) in [6.45, 7) is 10.2. The topological polar surface area (TPSA) is 102 Å². The summed E-state index contributed by atoms with van der Waals surface area (Å²) in [5.41, 5.74) is 2.14. The Morgan fingerprint density at radius 1 is 1.09 bits per heavy atom. The lowest BCUT2D eigenvalue weighted by Gasteiger charge is -2.34. The SMILES string of the molecule is Cc1cccc(NC(=O)CN2CCN(C(=O)CCCN3C(=O)NC(C)(C)C3=O)CC2)c1C. The molecule has 32 heavy (non-hydrogen) atoms. The van der Waals surface area contributed by atoms with E-state index in [2.05, 4.69) is 10.6 Å². The van der Waals surface area contributed by atoms with Crippen molar-refractivity contribution in [2.75, 3.05) is 44.6 Å². The Labute approximate surface area is 189 Å². The van der Waals surface area contributed by atoms with E-state index in [1.807, 2.05) is 36.9 Å². The summed E-state index contributed by atoms with van der Waals surface area (Å²) >= 11 is 0. The predicted octanol–water partition coefficient (Wildman–Crippen LogP) is 1.50. The number of aryl methyl sites for hydroxylation is 1. The summed E-state index contributed by atoms with van der Waals surface area (Å²) in [5.74, 6) is -0.312. The van der Waals surface area contributed by atoms with E-state index in [1.54, 1.807) is 18.7 Å². The number of amides is 5. The molecule has 0 aliphatic carbocycles. The van der Waals surface area contributed by atoms with Gasteiger partial charge in [0.2, 0.25) is 11.8 Å². The van der Waals surface area contributed by atoms with Crippen LogP contribution in [0.4, 0.5) is 10.5 Å². The Balaban J connectivity index is 1.38. The summed E-state index contributed by atoms with van der Waals surface area (Å²) in [5, 5.41) is 5.61. The highest BCUT2D eigenvalue weighted by Crippen LogP contribution is 2.19. The normalized spacial score (nSPS) is 18.6. The summed E-state index contributed by atoms with van der Waals surface area (Å²) in [6, 6.07) is 5.44. The van der Waals surface area contributed by atoms with Crippen molar-refractivity contribution in [3.05, 3.63) is 29.3 Å². The first-order valence-electron chi connectivity index (χ1n) is 11.1. The largest absolute Gasteiger partial charge is 0.340 e. The number of carbonyl (C=O) groups excluding carboxylic acids is 4. The van der Waals surface area contributed by atoms with E-state index in [0.29, 0.717) is 32.6 Å². The average molecular weight is 444 g/mol.